The molecule has 0 saturated heterocycles. The van der Waals surface area contributed by atoms with E-state index in [1.54, 1.807) is 30.3 Å². The van der Waals surface area contributed by atoms with Crippen LogP contribution < -0.4 is 25.6 Å². The van der Waals surface area contributed by atoms with Gasteiger partial charge in [0.15, 0.2) is 11.7 Å². The third kappa shape index (κ3) is 7.60. The number of hydrazine groups is 1. The minimum absolute atomic E-state index is 0.0414. The summed E-state index contributed by atoms with van der Waals surface area (Å²) in [5, 5.41) is 2.48. The van der Waals surface area contributed by atoms with Crippen LogP contribution in [0.25, 0.3) is 11.1 Å². The Morgan fingerprint density at radius 2 is 1.65 bits per heavy atom. The van der Waals surface area contributed by atoms with Gasteiger partial charge in [0.05, 0.1) is 6.61 Å². The summed E-state index contributed by atoms with van der Waals surface area (Å²) in [4.78, 5) is 24.6. The van der Waals surface area contributed by atoms with E-state index in [-0.39, 0.29) is 11.7 Å². The molecule has 0 aromatic heterocycles. The van der Waals surface area contributed by atoms with Gasteiger partial charge in [-0.25, -0.2) is 0 Å². The highest BCUT2D eigenvalue weighted by atomic mass is 32.1. The van der Waals surface area contributed by atoms with Gasteiger partial charge in [0.2, 0.25) is 0 Å². The fraction of sp³-hybridized carbons (Fsp3) is 0.192. The number of carbonyl (C=O) groups excluding carboxylic acids is 2. The summed E-state index contributed by atoms with van der Waals surface area (Å²) in [7, 11) is 0. The molecule has 0 aliphatic rings. The molecule has 0 aliphatic heterocycles. The van der Waals surface area contributed by atoms with Crippen molar-refractivity contribution in [3.05, 3.63) is 84.4 Å². The smallest absolute Gasteiger partial charge is 0.276 e. The Labute approximate surface area is 204 Å². The molecule has 0 aliphatic carbocycles. The Kier molecular flexibility index (Phi) is 9.42. The van der Waals surface area contributed by atoms with Gasteiger partial charge in [-0.15, -0.1) is 0 Å². The number of nitrogens with one attached hydrogen (secondary N) is 3. The number of unbranched alkanes of at least 4 members (excludes halogenated alkanes) is 1. The average Bonchev–Trinajstić information content (AvgIpc) is 2.87. The molecule has 0 heterocycles. The first-order valence-electron chi connectivity index (χ1n) is 11.0. The van der Waals surface area contributed by atoms with Crippen LogP contribution in [0.2, 0.25) is 0 Å². The number of thiocarbonyl (C=S) groups is 1. The topological polar surface area (TPSA) is 88.7 Å². The number of ether oxygens (including phenoxy) is 2. The van der Waals surface area contributed by atoms with Gasteiger partial charge in [0, 0.05) is 11.1 Å². The van der Waals surface area contributed by atoms with E-state index in [1.165, 1.54) is 0 Å². The molecule has 0 saturated carbocycles. The lowest BCUT2D eigenvalue weighted by molar-refractivity contribution is -0.123. The van der Waals surface area contributed by atoms with Gasteiger partial charge in [-0.3, -0.25) is 25.8 Å². The van der Waals surface area contributed by atoms with E-state index in [1.807, 2.05) is 48.5 Å². The molecule has 0 radical (unpaired) electrons. The van der Waals surface area contributed by atoms with Crippen LogP contribution in [-0.2, 0) is 4.79 Å². The van der Waals surface area contributed by atoms with E-state index in [0.717, 1.165) is 24.0 Å². The van der Waals surface area contributed by atoms with Crippen LogP contribution in [0.5, 0.6) is 11.5 Å². The van der Waals surface area contributed by atoms with Gasteiger partial charge in [-0.05, 0) is 48.5 Å². The standard InChI is InChI=1S/C26H27N3O4S/c1-2-3-16-32-21-13-9-12-20(17-21)25(31)27-26(34)29-28-24(30)18-33-23-15-8-7-14-22(23)19-10-5-4-6-11-19/h4-15,17H,2-3,16,18H2,1H3,(H,28,30)(H2,27,29,31,34). The predicted molar refractivity (Wildman–Crippen MR) is 136 cm³/mol. The quantitative estimate of drug-likeness (QED) is 0.243. The van der Waals surface area contributed by atoms with E-state index >= 15 is 0 Å². The average molecular weight is 478 g/mol. The van der Waals surface area contributed by atoms with Crippen molar-refractivity contribution in [2.45, 2.75) is 19.8 Å². The number of para-hydroxylation sites is 1. The normalized spacial score (nSPS) is 10.1. The SMILES string of the molecule is CCCCOc1cccc(C(=O)NC(=S)NNC(=O)COc2ccccc2-c2ccccc2)c1. The van der Waals surface area contributed by atoms with E-state index in [2.05, 4.69) is 23.1 Å². The molecule has 0 spiro atoms. The van der Waals surface area contributed by atoms with E-state index in [0.29, 0.717) is 23.7 Å². The molecule has 7 nitrogen and oxygen atoms in total. The summed E-state index contributed by atoms with van der Waals surface area (Å²) >= 11 is 5.10. The summed E-state index contributed by atoms with van der Waals surface area (Å²) < 4.78 is 11.3. The molecule has 3 aromatic rings. The second-order valence-corrected chi connectivity index (χ2v) is 7.75. The summed E-state index contributed by atoms with van der Waals surface area (Å²) in [6.07, 6.45) is 1.96. The minimum atomic E-state index is -0.453. The molecular weight excluding hydrogens is 450 g/mol. The highest BCUT2D eigenvalue weighted by Crippen LogP contribution is 2.29. The second-order valence-electron chi connectivity index (χ2n) is 7.34. The van der Waals surface area contributed by atoms with Crippen LogP contribution in [-0.4, -0.2) is 30.1 Å². The molecule has 34 heavy (non-hydrogen) atoms. The number of benzene rings is 3. The molecule has 8 heteroatoms. The number of rotatable bonds is 9. The molecule has 0 unspecified atom stereocenters. The summed E-state index contributed by atoms with van der Waals surface area (Å²) in [5.74, 6) is 0.327. The van der Waals surface area contributed by atoms with Crippen LogP contribution >= 0.6 is 12.2 Å². The lowest BCUT2D eigenvalue weighted by atomic mass is 10.1. The number of hydrogen-bond donors (Lipinski definition) is 3. The number of carbonyl (C=O) groups is 2. The van der Waals surface area contributed by atoms with Crippen LogP contribution in [0, 0.1) is 0 Å². The summed E-state index contributed by atoms with van der Waals surface area (Å²) in [6, 6.07) is 24.0. The Morgan fingerprint density at radius 1 is 0.882 bits per heavy atom. The van der Waals surface area contributed by atoms with Crippen LogP contribution in [0.3, 0.4) is 0 Å². The monoisotopic (exact) mass is 477 g/mol. The lowest BCUT2D eigenvalue weighted by Gasteiger charge is -2.13. The Hall–Kier alpha value is -3.91. The van der Waals surface area contributed by atoms with E-state index in [4.69, 9.17) is 21.7 Å². The minimum Gasteiger partial charge on any atom is -0.494 e. The van der Waals surface area contributed by atoms with Gasteiger partial charge in [0.25, 0.3) is 11.8 Å². The van der Waals surface area contributed by atoms with Crippen LogP contribution in [0.15, 0.2) is 78.9 Å². The largest absolute Gasteiger partial charge is 0.494 e. The van der Waals surface area contributed by atoms with Gasteiger partial charge in [-0.2, -0.15) is 0 Å². The van der Waals surface area contributed by atoms with Crippen molar-refractivity contribution >= 4 is 29.1 Å². The third-order valence-electron chi connectivity index (χ3n) is 4.74. The number of hydrogen-bond acceptors (Lipinski definition) is 5. The van der Waals surface area contributed by atoms with Crippen molar-refractivity contribution in [1.29, 1.82) is 0 Å². The first-order chi connectivity index (χ1) is 16.6. The molecule has 0 fully saturated rings. The van der Waals surface area contributed by atoms with Gasteiger partial charge in [-0.1, -0.05) is 67.9 Å². The molecule has 3 rings (SSSR count). The maximum Gasteiger partial charge on any atom is 0.276 e. The van der Waals surface area contributed by atoms with Crippen molar-refractivity contribution in [2.24, 2.45) is 0 Å². The highest BCUT2D eigenvalue weighted by Gasteiger charge is 2.11. The van der Waals surface area contributed by atoms with Crippen molar-refractivity contribution in [3.8, 4) is 22.6 Å². The first kappa shape index (κ1) is 24.7. The van der Waals surface area contributed by atoms with E-state index < -0.39 is 11.8 Å². The Morgan fingerprint density at radius 3 is 2.44 bits per heavy atom. The maximum absolute atomic E-state index is 12.4. The Bertz CT molecular complexity index is 1120. The fourth-order valence-electron chi connectivity index (χ4n) is 3.02. The first-order valence-corrected chi connectivity index (χ1v) is 11.4. The zero-order valence-corrected chi connectivity index (χ0v) is 19.7. The molecule has 0 atom stereocenters. The molecular formula is C26H27N3O4S. The van der Waals surface area contributed by atoms with Crippen molar-refractivity contribution in [2.75, 3.05) is 13.2 Å². The van der Waals surface area contributed by atoms with Crippen LogP contribution in [0.1, 0.15) is 30.1 Å². The van der Waals surface area contributed by atoms with Gasteiger partial charge < -0.3 is 9.47 Å². The van der Waals surface area contributed by atoms with Gasteiger partial charge >= 0.3 is 0 Å². The predicted octanol–water partition coefficient (Wildman–Crippen LogP) is 4.25. The van der Waals surface area contributed by atoms with Crippen molar-refractivity contribution < 1.29 is 19.1 Å². The zero-order valence-electron chi connectivity index (χ0n) is 18.9. The molecule has 2 amide bonds. The molecule has 176 valence electrons. The molecule has 0 bridgehead atoms. The van der Waals surface area contributed by atoms with Crippen molar-refractivity contribution in [1.82, 2.24) is 16.2 Å². The summed E-state index contributed by atoms with van der Waals surface area (Å²) in [6.45, 7) is 2.44. The second kappa shape index (κ2) is 13.0. The maximum atomic E-state index is 12.4. The van der Waals surface area contributed by atoms with Crippen molar-refractivity contribution in [3.63, 3.8) is 0 Å². The van der Waals surface area contributed by atoms with Crippen LogP contribution in [0.4, 0.5) is 0 Å². The lowest BCUT2D eigenvalue weighted by Crippen LogP contribution is -2.49. The summed E-state index contributed by atoms with van der Waals surface area (Å²) in [5.41, 5.74) is 7.19. The third-order valence-corrected chi connectivity index (χ3v) is 4.94. The highest BCUT2D eigenvalue weighted by molar-refractivity contribution is 7.80. The van der Waals surface area contributed by atoms with E-state index in [9.17, 15) is 9.59 Å². The zero-order chi connectivity index (χ0) is 24.2. The Balaban J connectivity index is 1.46. The van der Waals surface area contributed by atoms with Gasteiger partial charge in [0.1, 0.15) is 11.5 Å². The number of amides is 2. The molecule has 3 aromatic carbocycles. The molecule has 3 N–H and O–H groups in total. The fourth-order valence-corrected chi connectivity index (χ4v) is 3.17.